The largest absolute Gasteiger partial charge is 0.479 e. The molecule has 0 spiro atoms. The Balaban J connectivity index is 1.33. The van der Waals surface area contributed by atoms with Crippen LogP contribution in [0.3, 0.4) is 0 Å². The molecule has 0 aromatic heterocycles. The molecule has 0 saturated carbocycles. The lowest BCUT2D eigenvalue weighted by atomic mass is 9.96. The SMILES string of the molecule is C[C@@H](CC(=O)N(C)C1(C(=O)O)CCOC1)NC(=O)OCC1c2ccccc2-c2ccccc21. The third-order valence-corrected chi connectivity index (χ3v) is 6.60. The standard InChI is InChI=1S/C25H28N2O6/c1-16(13-22(28)27(2)25(23(29)30)11-12-32-15-25)26-24(31)33-14-21-19-9-5-3-7-17(19)18-8-4-6-10-20(18)21/h3-10,16,21H,11-15H2,1-2H3,(H,26,31)(H,29,30)/t16-,25?/m0/s1. The zero-order chi connectivity index (χ0) is 23.6. The molecule has 2 amide bonds. The third-order valence-electron chi connectivity index (χ3n) is 6.60. The molecular formula is C25H28N2O6. The van der Waals surface area contributed by atoms with Crippen LogP contribution in [-0.2, 0) is 19.1 Å². The van der Waals surface area contributed by atoms with Crippen molar-refractivity contribution in [1.29, 1.82) is 0 Å². The van der Waals surface area contributed by atoms with E-state index in [4.69, 9.17) is 9.47 Å². The third kappa shape index (κ3) is 4.30. The number of nitrogens with one attached hydrogen (secondary N) is 1. The molecule has 1 aliphatic carbocycles. The Kier molecular flexibility index (Phi) is 6.37. The summed E-state index contributed by atoms with van der Waals surface area (Å²) >= 11 is 0. The van der Waals surface area contributed by atoms with Crippen molar-refractivity contribution >= 4 is 18.0 Å². The van der Waals surface area contributed by atoms with Gasteiger partial charge in [-0.2, -0.15) is 0 Å². The van der Waals surface area contributed by atoms with E-state index >= 15 is 0 Å². The fraction of sp³-hybridized carbons (Fsp3) is 0.400. The first kappa shape index (κ1) is 22.8. The summed E-state index contributed by atoms with van der Waals surface area (Å²) in [5, 5.41) is 12.3. The van der Waals surface area contributed by atoms with E-state index in [2.05, 4.69) is 17.4 Å². The lowest BCUT2D eigenvalue weighted by molar-refractivity contribution is -0.158. The first-order valence-corrected chi connectivity index (χ1v) is 11.0. The van der Waals surface area contributed by atoms with Gasteiger partial charge in [0.1, 0.15) is 6.61 Å². The van der Waals surface area contributed by atoms with E-state index < -0.39 is 23.6 Å². The summed E-state index contributed by atoms with van der Waals surface area (Å²) in [7, 11) is 1.46. The van der Waals surface area contributed by atoms with Gasteiger partial charge >= 0.3 is 12.1 Å². The Hall–Kier alpha value is -3.39. The molecular weight excluding hydrogens is 424 g/mol. The molecule has 2 aliphatic rings. The molecule has 1 unspecified atom stereocenters. The number of aliphatic carboxylic acids is 1. The van der Waals surface area contributed by atoms with Crippen LogP contribution in [0.15, 0.2) is 48.5 Å². The van der Waals surface area contributed by atoms with Crippen molar-refractivity contribution in [3.63, 3.8) is 0 Å². The fourth-order valence-electron chi connectivity index (χ4n) is 4.66. The molecule has 0 radical (unpaired) electrons. The average Bonchev–Trinajstić information content (AvgIpc) is 3.41. The summed E-state index contributed by atoms with van der Waals surface area (Å²) < 4.78 is 10.7. The molecule has 2 aromatic rings. The van der Waals surface area contributed by atoms with Crippen LogP contribution < -0.4 is 5.32 Å². The molecule has 1 aliphatic heterocycles. The van der Waals surface area contributed by atoms with E-state index in [1.165, 1.54) is 11.9 Å². The molecule has 174 valence electrons. The maximum Gasteiger partial charge on any atom is 0.407 e. The predicted octanol–water partition coefficient (Wildman–Crippen LogP) is 3.01. The predicted molar refractivity (Wildman–Crippen MR) is 121 cm³/mol. The Labute approximate surface area is 192 Å². The molecule has 8 heteroatoms. The van der Waals surface area contributed by atoms with Gasteiger partial charge in [-0.05, 0) is 29.2 Å². The molecule has 2 N–H and O–H groups in total. The minimum absolute atomic E-state index is 0.0429. The summed E-state index contributed by atoms with van der Waals surface area (Å²) in [6.07, 6.45) is -0.425. The van der Waals surface area contributed by atoms with Gasteiger partial charge in [-0.15, -0.1) is 0 Å². The highest BCUT2D eigenvalue weighted by atomic mass is 16.5. The Morgan fingerprint density at radius 2 is 1.76 bits per heavy atom. The van der Waals surface area contributed by atoms with Crippen molar-refractivity contribution in [2.45, 2.75) is 37.3 Å². The number of fused-ring (bicyclic) bond motifs is 3. The van der Waals surface area contributed by atoms with Gasteiger partial charge in [0, 0.05) is 38.5 Å². The molecule has 2 atom stereocenters. The summed E-state index contributed by atoms with van der Waals surface area (Å²) in [5.74, 6) is -1.52. The van der Waals surface area contributed by atoms with E-state index in [1.54, 1.807) is 6.92 Å². The zero-order valence-corrected chi connectivity index (χ0v) is 18.7. The monoisotopic (exact) mass is 452 g/mol. The van der Waals surface area contributed by atoms with Crippen LogP contribution >= 0.6 is 0 Å². The van der Waals surface area contributed by atoms with E-state index in [0.717, 1.165) is 22.3 Å². The second-order valence-electron chi connectivity index (χ2n) is 8.67. The highest BCUT2D eigenvalue weighted by Crippen LogP contribution is 2.44. The van der Waals surface area contributed by atoms with Gasteiger partial charge in [0.15, 0.2) is 5.54 Å². The summed E-state index contributed by atoms with van der Waals surface area (Å²) in [5.41, 5.74) is 3.17. The van der Waals surface area contributed by atoms with Gasteiger partial charge in [0.25, 0.3) is 0 Å². The van der Waals surface area contributed by atoms with Crippen molar-refractivity contribution in [3.05, 3.63) is 59.7 Å². The maximum atomic E-state index is 12.7. The fourth-order valence-corrected chi connectivity index (χ4v) is 4.66. The molecule has 2 aromatic carbocycles. The minimum atomic E-state index is -1.36. The Bertz CT molecular complexity index is 1020. The number of hydrogen-bond donors (Lipinski definition) is 2. The van der Waals surface area contributed by atoms with Crippen molar-refractivity contribution in [2.75, 3.05) is 26.9 Å². The highest BCUT2D eigenvalue weighted by Gasteiger charge is 2.48. The van der Waals surface area contributed by atoms with Crippen LogP contribution in [0, 0.1) is 0 Å². The number of hydrogen-bond acceptors (Lipinski definition) is 5. The van der Waals surface area contributed by atoms with Gasteiger partial charge < -0.3 is 24.8 Å². The number of amides is 2. The van der Waals surface area contributed by atoms with Crippen molar-refractivity contribution < 1.29 is 29.0 Å². The summed E-state index contributed by atoms with van der Waals surface area (Å²) in [4.78, 5) is 38.1. The molecule has 1 saturated heterocycles. The minimum Gasteiger partial charge on any atom is -0.479 e. The van der Waals surface area contributed by atoms with Crippen LogP contribution in [0.2, 0.25) is 0 Å². The van der Waals surface area contributed by atoms with Gasteiger partial charge in [-0.25, -0.2) is 9.59 Å². The topological polar surface area (TPSA) is 105 Å². The highest BCUT2D eigenvalue weighted by molar-refractivity contribution is 5.88. The smallest absolute Gasteiger partial charge is 0.407 e. The molecule has 4 rings (SSSR count). The number of carbonyl (C=O) groups excluding carboxylic acids is 2. The first-order valence-electron chi connectivity index (χ1n) is 11.0. The van der Waals surface area contributed by atoms with Gasteiger partial charge in [0.05, 0.1) is 6.61 Å². The van der Waals surface area contributed by atoms with Crippen LogP contribution in [0.1, 0.15) is 36.8 Å². The molecule has 33 heavy (non-hydrogen) atoms. The van der Waals surface area contributed by atoms with E-state index in [9.17, 15) is 19.5 Å². The molecule has 8 nitrogen and oxygen atoms in total. The number of rotatable bonds is 7. The number of alkyl carbamates (subject to hydrolysis) is 1. The number of carboxylic acid groups (broad SMARTS) is 1. The van der Waals surface area contributed by atoms with Crippen LogP contribution in [-0.4, -0.2) is 66.4 Å². The first-order chi connectivity index (χ1) is 15.8. The van der Waals surface area contributed by atoms with Crippen LogP contribution in [0.25, 0.3) is 11.1 Å². The van der Waals surface area contributed by atoms with Crippen LogP contribution in [0.4, 0.5) is 4.79 Å². The summed E-state index contributed by atoms with van der Waals surface area (Å²) in [6, 6.07) is 15.6. The van der Waals surface area contributed by atoms with Gasteiger partial charge in [-0.3, -0.25) is 4.79 Å². The Morgan fingerprint density at radius 3 is 2.30 bits per heavy atom. The normalized spacial score (nSPS) is 19.9. The van der Waals surface area contributed by atoms with Crippen molar-refractivity contribution in [1.82, 2.24) is 10.2 Å². The van der Waals surface area contributed by atoms with Crippen molar-refractivity contribution in [3.8, 4) is 11.1 Å². The zero-order valence-electron chi connectivity index (χ0n) is 18.7. The number of carboxylic acids is 1. The molecule has 0 bridgehead atoms. The number of likely N-dealkylation sites (N-methyl/N-ethyl adjacent to an activating group) is 1. The van der Waals surface area contributed by atoms with E-state index in [-0.39, 0.29) is 44.5 Å². The lowest BCUT2D eigenvalue weighted by Crippen LogP contribution is -2.56. The van der Waals surface area contributed by atoms with E-state index in [1.807, 2.05) is 36.4 Å². The maximum absolute atomic E-state index is 12.7. The van der Waals surface area contributed by atoms with Gasteiger partial charge in [-0.1, -0.05) is 48.5 Å². The Morgan fingerprint density at radius 1 is 1.15 bits per heavy atom. The van der Waals surface area contributed by atoms with Crippen LogP contribution in [0.5, 0.6) is 0 Å². The molecule has 1 fully saturated rings. The second-order valence-corrected chi connectivity index (χ2v) is 8.67. The average molecular weight is 453 g/mol. The second kappa shape index (κ2) is 9.23. The molecule has 1 heterocycles. The number of carbonyl (C=O) groups is 3. The van der Waals surface area contributed by atoms with Crippen molar-refractivity contribution in [2.24, 2.45) is 0 Å². The van der Waals surface area contributed by atoms with Gasteiger partial charge in [0.2, 0.25) is 5.91 Å². The number of ether oxygens (including phenoxy) is 2. The quantitative estimate of drug-likeness (QED) is 0.669. The lowest BCUT2D eigenvalue weighted by Gasteiger charge is -2.34. The summed E-state index contributed by atoms with van der Waals surface area (Å²) in [6.45, 7) is 2.11. The number of nitrogens with zero attached hydrogens (tertiary/aromatic N) is 1. The number of benzene rings is 2. The van der Waals surface area contributed by atoms with E-state index in [0.29, 0.717) is 0 Å².